The van der Waals surface area contributed by atoms with E-state index in [9.17, 15) is 8.78 Å². The number of aromatic nitrogens is 2. The number of fused-ring (bicyclic) bond motifs is 1. The Kier molecular flexibility index (Phi) is 4.73. The van der Waals surface area contributed by atoms with Gasteiger partial charge in [0.15, 0.2) is 11.6 Å². The molecule has 4 nitrogen and oxygen atoms in total. The van der Waals surface area contributed by atoms with Crippen LogP contribution in [0.3, 0.4) is 0 Å². The van der Waals surface area contributed by atoms with Crippen molar-refractivity contribution in [1.29, 1.82) is 0 Å². The molecule has 0 fully saturated rings. The molecule has 124 valence electrons. The highest BCUT2D eigenvalue weighted by atomic mass is 19.2. The van der Waals surface area contributed by atoms with Gasteiger partial charge in [0.05, 0.1) is 5.69 Å². The van der Waals surface area contributed by atoms with Crippen molar-refractivity contribution < 1.29 is 8.78 Å². The molecule has 0 radical (unpaired) electrons. The summed E-state index contributed by atoms with van der Waals surface area (Å²) >= 11 is 0. The summed E-state index contributed by atoms with van der Waals surface area (Å²) in [7, 11) is 4.10. The Morgan fingerprint density at radius 3 is 2.83 bits per heavy atom. The van der Waals surface area contributed by atoms with Crippen molar-refractivity contribution in [3.05, 3.63) is 41.1 Å². The third kappa shape index (κ3) is 3.43. The van der Waals surface area contributed by atoms with Gasteiger partial charge < -0.3 is 10.2 Å². The molecule has 0 spiro atoms. The molecular weight excluding hydrogens is 298 g/mol. The number of aryl methyl sites for hydroxylation is 1. The second-order valence-electron chi connectivity index (χ2n) is 6.21. The van der Waals surface area contributed by atoms with Crippen molar-refractivity contribution >= 4 is 0 Å². The molecule has 23 heavy (non-hydrogen) atoms. The van der Waals surface area contributed by atoms with Crippen LogP contribution in [0.25, 0.3) is 11.3 Å². The lowest BCUT2D eigenvalue weighted by molar-refractivity contribution is 0.377. The minimum Gasteiger partial charge on any atom is -0.312 e. The van der Waals surface area contributed by atoms with E-state index in [1.165, 1.54) is 17.8 Å². The average Bonchev–Trinajstić information content (AvgIpc) is 2.89. The number of hydrogen-bond donors (Lipinski definition) is 1. The lowest BCUT2D eigenvalue weighted by Gasteiger charge is -2.16. The van der Waals surface area contributed by atoms with E-state index in [2.05, 4.69) is 24.3 Å². The highest BCUT2D eigenvalue weighted by molar-refractivity contribution is 5.64. The standard InChI is InChI=1S/C17H22F2N4/c1-22(2)8-3-9-23-16-6-7-20-11-13(16)17(21-23)12-4-5-14(18)15(19)10-12/h4-5,10,20H,3,6-9,11H2,1-2H3. The van der Waals surface area contributed by atoms with Gasteiger partial charge in [0, 0.05) is 42.9 Å². The Balaban J connectivity index is 1.93. The molecule has 1 aromatic heterocycles. The highest BCUT2D eigenvalue weighted by Gasteiger charge is 2.22. The molecule has 0 atom stereocenters. The SMILES string of the molecule is CN(C)CCCn1nc(-c2ccc(F)c(F)c2)c2c1CCNC2. The predicted molar refractivity (Wildman–Crippen MR) is 86.2 cm³/mol. The summed E-state index contributed by atoms with van der Waals surface area (Å²) in [4.78, 5) is 2.15. The van der Waals surface area contributed by atoms with Crippen LogP contribution in [0.2, 0.25) is 0 Å². The second kappa shape index (κ2) is 6.76. The van der Waals surface area contributed by atoms with Gasteiger partial charge in [-0.1, -0.05) is 0 Å². The van der Waals surface area contributed by atoms with E-state index >= 15 is 0 Å². The van der Waals surface area contributed by atoms with Gasteiger partial charge in [-0.3, -0.25) is 4.68 Å². The van der Waals surface area contributed by atoms with Crippen LogP contribution in [0.15, 0.2) is 18.2 Å². The van der Waals surface area contributed by atoms with Crippen LogP contribution in [0.4, 0.5) is 8.78 Å². The number of rotatable bonds is 5. The van der Waals surface area contributed by atoms with Crippen LogP contribution >= 0.6 is 0 Å². The van der Waals surface area contributed by atoms with Crippen LogP contribution in [0, 0.1) is 11.6 Å². The molecular formula is C17H22F2N4. The van der Waals surface area contributed by atoms with Gasteiger partial charge >= 0.3 is 0 Å². The molecule has 0 bridgehead atoms. The Hall–Kier alpha value is -1.79. The first-order valence-electron chi connectivity index (χ1n) is 7.95. The van der Waals surface area contributed by atoms with Crippen LogP contribution < -0.4 is 5.32 Å². The fraction of sp³-hybridized carbons (Fsp3) is 0.471. The Morgan fingerprint density at radius 1 is 1.26 bits per heavy atom. The van der Waals surface area contributed by atoms with E-state index in [1.54, 1.807) is 6.07 Å². The molecule has 0 unspecified atom stereocenters. The first-order valence-corrected chi connectivity index (χ1v) is 7.95. The third-order valence-electron chi connectivity index (χ3n) is 4.18. The fourth-order valence-corrected chi connectivity index (χ4v) is 3.02. The van der Waals surface area contributed by atoms with E-state index < -0.39 is 11.6 Å². The minimum atomic E-state index is -0.831. The van der Waals surface area contributed by atoms with E-state index in [-0.39, 0.29) is 0 Å². The Labute approximate surface area is 135 Å². The maximum absolute atomic E-state index is 13.6. The van der Waals surface area contributed by atoms with Crippen molar-refractivity contribution in [1.82, 2.24) is 20.0 Å². The number of nitrogens with one attached hydrogen (secondary N) is 1. The van der Waals surface area contributed by atoms with Gasteiger partial charge in [0.1, 0.15) is 0 Å². The van der Waals surface area contributed by atoms with Crippen molar-refractivity contribution in [3.8, 4) is 11.3 Å². The lowest BCUT2D eigenvalue weighted by Crippen LogP contribution is -2.25. The number of hydrogen-bond acceptors (Lipinski definition) is 3. The van der Waals surface area contributed by atoms with Gasteiger partial charge in [-0.2, -0.15) is 5.10 Å². The zero-order valence-corrected chi connectivity index (χ0v) is 13.6. The summed E-state index contributed by atoms with van der Waals surface area (Å²) in [6, 6.07) is 3.99. The topological polar surface area (TPSA) is 33.1 Å². The molecule has 1 N–H and O–H groups in total. The quantitative estimate of drug-likeness (QED) is 0.918. The summed E-state index contributed by atoms with van der Waals surface area (Å²) in [5.74, 6) is -1.66. The maximum Gasteiger partial charge on any atom is 0.159 e. The van der Waals surface area contributed by atoms with E-state index in [1.807, 2.05) is 4.68 Å². The molecule has 3 rings (SSSR count). The van der Waals surface area contributed by atoms with Crippen LogP contribution in [0.5, 0.6) is 0 Å². The molecule has 1 aliphatic heterocycles. The molecule has 0 amide bonds. The maximum atomic E-state index is 13.6. The molecule has 6 heteroatoms. The molecule has 0 aliphatic carbocycles. The number of halogens is 2. The number of benzene rings is 1. The number of nitrogens with zero attached hydrogens (tertiary/aromatic N) is 3. The first kappa shape index (κ1) is 16.1. The minimum absolute atomic E-state index is 0.634. The van der Waals surface area contributed by atoms with Gasteiger partial charge in [-0.05, 0) is 45.3 Å². The highest BCUT2D eigenvalue weighted by Crippen LogP contribution is 2.28. The molecule has 0 saturated carbocycles. The summed E-state index contributed by atoms with van der Waals surface area (Å²) in [6.45, 7) is 3.47. The molecule has 1 aromatic carbocycles. The lowest BCUT2D eigenvalue weighted by atomic mass is 10.0. The zero-order chi connectivity index (χ0) is 16.4. The van der Waals surface area contributed by atoms with Crippen molar-refractivity contribution in [3.63, 3.8) is 0 Å². The molecule has 2 aromatic rings. The third-order valence-corrected chi connectivity index (χ3v) is 4.18. The largest absolute Gasteiger partial charge is 0.312 e. The summed E-state index contributed by atoms with van der Waals surface area (Å²) in [6.07, 6.45) is 1.92. The first-order chi connectivity index (χ1) is 11.1. The molecule has 0 saturated heterocycles. The van der Waals surface area contributed by atoms with Crippen molar-refractivity contribution in [2.75, 3.05) is 27.2 Å². The second-order valence-corrected chi connectivity index (χ2v) is 6.21. The smallest absolute Gasteiger partial charge is 0.159 e. The van der Waals surface area contributed by atoms with Crippen LogP contribution in [-0.2, 0) is 19.5 Å². The van der Waals surface area contributed by atoms with Crippen molar-refractivity contribution in [2.24, 2.45) is 0 Å². The molecule has 1 aliphatic rings. The van der Waals surface area contributed by atoms with Gasteiger partial charge in [0.2, 0.25) is 0 Å². The fourth-order valence-electron chi connectivity index (χ4n) is 3.02. The van der Waals surface area contributed by atoms with Gasteiger partial charge in [0.25, 0.3) is 0 Å². The van der Waals surface area contributed by atoms with Gasteiger partial charge in [-0.25, -0.2) is 8.78 Å². The monoisotopic (exact) mass is 320 g/mol. The Bertz CT molecular complexity index is 694. The summed E-state index contributed by atoms with van der Waals surface area (Å²) in [5, 5.41) is 8.03. The van der Waals surface area contributed by atoms with Crippen LogP contribution in [0.1, 0.15) is 17.7 Å². The summed E-state index contributed by atoms with van der Waals surface area (Å²) < 4.78 is 28.8. The average molecular weight is 320 g/mol. The Morgan fingerprint density at radius 2 is 2.09 bits per heavy atom. The van der Waals surface area contributed by atoms with Crippen molar-refractivity contribution in [2.45, 2.75) is 25.9 Å². The molecule has 2 heterocycles. The van der Waals surface area contributed by atoms with E-state index in [0.717, 1.165) is 50.3 Å². The van der Waals surface area contributed by atoms with E-state index in [4.69, 9.17) is 5.10 Å². The van der Waals surface area contributed by atoms with Crippen LogP contribution in [-0.4, -0.2) is 41.9 Å². The normalized spacial score (nSPS) is 14.3. The van der Waals surface area contributed by atoms with E-state index in [0.29, 0.717) is 5.56 Å². The summed E-state index contributed by atoms with van der Waals surface area (Å²) in [5.41, 5.74) is 3.71. The van der Waals surface area contributed by atoms with Gasteiger partial charge in [-0.15, -0.1) is 0 Å². The predicted octanol–water partition coefficient (Wildman–Crippen LogP) is 2.43. The zero-order valence-electron chi connectivity index (χ0n) is 13.6.